The summed E-state index contributed by atoms with van der Waals surface area (Å²) in [4.78, 5) is 21.3. The van der Waals surface area contributed by atoms with Gasteiger partial charge in [-0.3, -0.25) is 9.63 Å². The van der Waals surface area contributed by atoms with E-state index in [1.54, 1.807) is 13.0 Å². The Morgan fingerprint density at radius 2 is 2.04 bits per heavy atom. The van der Waals surface area contributed by atoms with Crippen LogP contribution in [0.2, 0.25) is 0 Å². The first-order chi connectivity index (χ1) is 12.4. The van der Waals surface area contributed by atoms with E-state index in [0.29, 0.717) is 28.6 Å². The number of benzene rings is 1. The van der Waals surface area contributed by atoms with E-state index in [1.165, 1.54) is 6.20 Å². The molecule has 0 radical (unpaired) electrons. The number of nitrogens with zero attached hydrogens (tertiary/aromatic N) is 1. The van der Waals surface area contributed by atoms with Crippen LogP contribution < -0.4 is 10.8 Å². The van der Waals surface area contributed by atoms with E-state index < -0.39 is 34.6 Å². The van der Waals surface area contributed by atoms with E-state index in [9.17, 15) is 18.0 Å². The molecule has 2 aromatic rings. The zero-order valence-corrected chi connectivity index (χ0v) is 15.3. The Hall–Kier alpha value is -2.13. The van der Waals surface area contributed by atoms with Gasteiger partial charge in [0.2, 0.25) is 0 Å². The summed E-state index contributed by atoms with van der Waals surface area (Å²) in [6, 6.07) is 2.32. The van der Waals surface area contributed by atoms with Crippen molar-refractivity contribution < 1.29 is 22.8 Å². The maximum atomic E-state index is 14.3. The number of pyridine rings is 1. The number of aryl methyl sites for hydroxylation is 1. The number of rotatable bonds is 6. The number of anilines is 2. The number of aromatic nitrogens is 1. The van der Waals surface area contributed by atoms with Crippen LogP contribution in [-0.2, 0) is 4.84 Å². The van der Waals surface area contributed by atoms with Gasteiger partial charge in [-0.05, 0) is 59.3 Å². The molecule has 5 nitrogen and oxygen atoms in total. The molecule has 0 unspecified atom stereocenters. The second kappa shape index (κ2) is 7.63. The number of hydrogen-bond donors (Lipinski definition) is 2. The molecule has 1 amide bonds. The Bertz CT molecular complexity index is 860. The molecule has 0 bridgehead atoms. The highest BCUT2D eigenvalue weighted by atomic mass is 79.9. The lowest BCUT2D eigenvalue weighted by molar-refractivity contribution is 0.0270. The minimum absolute atomic E-state index is 0.200. The smallest absolute Gasteiger partial charge is 0.277 e. The molecule has 1 aliphatic carbocycles. The molecule has 1 aromatic carbocycles. The summed E-state index contributed by atoms with van der Waals surface area (Å²) in [5, 5.41) is 2.57. The fourth-order valence-corrected chi connectivity index (χ4v) is 2.70. The summed E-state index contributed by atoms with van der Waals surface area (Å²) in [7, 11) is 0. The zero-order chi connectivity index (χ0) is 18.8. The average molecular weight is 430 g/mol. The molecule has 1 aliphatic rings. The van der Waals surface area contributed by atoms with Crippen LogP contribution in [0.15, 0.2) is 22.8 Å². The molecule has 1 saturated carbocycles. The molecule has 0 atom stereocenters. The largest absolute Gasteiger partial charge is 0.337 e. The van der Waals surface area contributed by atoms with Gasteiger partial charge in [0.05, 0.1) is 17.9 Å². The third-order valence-corrected chi connectivity index (χ3v) is 4.31. The van der Waals surface area contributed by atoms with Crippen LogP contribution >= 0.6 is 15.9 Å². The van der Waals surface area contributed by atoms with Gasteiger partial charge in [0.25, 0.3) is 5.91 Å². The van der Waals surface area contributed by atoms with Gasteiger partial charge in [-0.2, -0.15) is 0 Å². The van der Waals surface area contributed by atoms with Gasteiger partial charge in [0.1, 0.15) is 5.82 Å². The highest BCUT2D eigenvalue weighted by Gasteiger charge is 2.25. The van der Waals surface area contributed by atoms with Crippen LogP contribution in [0.5, 0.6) is 0 Å². The van der Waals surface area contributed by atoms with Crippen LogP contribution in [0.25, 0.3) is 0 Å². The van der Waals surface area contributed by atoms with Crippen LogP contribution in [0.1, 0.15) is 28.8 Å². The van der Waals surface area contributed by atoms with E-state index in [1.807, 2.05) is 0 Å². The number of hydroxylamine groups is 1. The first-order valence-corrected chi connectivity index (χ1v) is 8.65. The molecule has 1 aromatic heterocycles. The molecule has 0 aliphatic heterocycles. The van der Waals surface area contributed by atoms with Crippen molar-refractivity contribution in [2.45, 2.75) is 19.8 Å². The van der Waals surface area contributed by atoms with Gasteiger partial charge >= 0.3 is 0 Å². The SMILES string of the molecule is Cc1cc(Br)cnc1Nc1c(C(=O)NOCC2CC2)cc(F)c(F)c1F. The van der Waals surface area contributed by atoms with Crippen LogP contribution in [-0.4, -0.2) is 17.5 Å². The van der Waals surface area contributed by atoms with Crippen LogP contribution in [0, 0.1) is 30.3 Å². The second-order valence-electron chi connectivity index (χ2n) is 6.04. The highest BCUT2D eigenvalue weighted by Crippen LogP contribution is 2.30. The molecule has 3 rings (SSSR count). The van der Waals surface area contributed by atoms with Gasteiger partial charge in [0.15, 0.2) is 17.5 Å². The van der Waals surface area contributed by atoms with Crippen molar-refractivity contribution in [3.63, 3.8) is 0 Å². The quantitative estimate of drug-likeness (QED) is 0.528. The molecule has 9 heteroatoms. The number of carbonyl (C=O) groups excluding carboxylic acids is 1. The van der Waals surface area contributed by atoms with E-state index in [4.69, 9.17) is 4.84 Å². The Balaban J connectivity index is 1.90. The number of hydrogen-bond acceptors (Lipinski definition) is 4. The molecule has 2 N–H and O–H groups in total. The highest BCUT2D eigenvalue weighted by molar-refractivity contribution is 9.10. The molecular weight excluding hydrogens is 415 g/mol. The lowest BCUT2D eigenvalue weighted by Gasteiger charge is -2.15. The first-order valence-electron chi connectivity index (χ1n) is 7.85. The van der Waals surface area contributed by atoms with E-state index in [0.717, 1.165) is 12.8 Å². The van der Waals surface area contributed by atoms with E-state index >= 15 is 0 Å². The number of amides is 1. The van der Waals surface area contributed by atoms with Crippen LogP contribution in [0.3, 0.4) is 0 Å². The maximum absolute atomic E-state index is 14.3. The number of halogens is 4. The van der Waals surface area contributed by atoms with Crippen molar-refractivity contribution >= 4 is 33.3 Å². The molecule has 138 valence electrons. The minimum atomic E-state index is -1.68. The summed E-state index contributed by atoms with van der Waals surface area (Å²) >= 11 is 3.25. The minimum Gasteiger partial charge on any atom is -0.337 e. The molecule has 0 saturated heterocycles. The Morgan fingerprint density at radius 1 is 1.31 bits per heavy atom. The third kappa shape index (κ3) is 4.16. The first kappa shape index (κ1) is 18.7. The second-order valence-corrected chi connectivity index (χ2v) is 6.95. The monoisotopic (exact) mass is 429 g/mol. The van der Waals surface area contributed by atoms with Crippen molar-refractivity contribution in [2.24, 2.45) is 5.92 Å². The summed E-state index contributed by atoms with van der Waals surface area (Å²) in [5.74, 6) is -4.98. The van der Waals surface area contributed by atoms with Gasteiger partial charge in [-0.25, -0.2) is 23.6 Å². The van der Waals surface area contributed by atoms with Crippen molar-refractivity contribution in [1.82, 2.24) is 10.5 Å². The van der Waals surface area contributed by atoms with Gasteiger partial charge in [-0.15, -0.1) is 0 Å². The molecular formula is C17H15BrF3N3O2. The normalized spacial score (nSPS) is 13.6. The van der Waals surface area contributed by atoms with Gasteiger partial charge in [0, 0.05) is 10.7 Å². The topological polar surface area (TPSA) is 63.2 Å². The third-order valence-electron chi connectivity index (χ3n) is 3.88. The summed E-state index contributed by atoms with van der Waals surface area (Å²) in [6.07, 6.45) is 3.47. The van der Waals surface area contributed by atoms with Crippen LogP contribution in [0.4, 0.5) is 24.7 Å². The predicted octanol–water partition coefficient (Wildman–Crippen LogP) is 4.38. The molecule has 1 heterocycles. The average Bonchev–Trinajstić information content (AvgIpc) is 3.41. The van der Waals surface area contributed by atoms with Crippen molar-refractivity contribution in [3.8, 4) is 0 Å². The fraction of sp³-hybridized carbons (Fsp3) is 0.294. The Morgan fingerprint density at radius 3 is 2.69 bits per heavy atom. The van der Waals surface area contributed by atoms with E-state index in [2.05, 4.69) is 31.7 Å². The van der Waals surface area contributed by atoms with Gasteiger partial charge < -0.3 is 5.32 Å². The summed E-state index contributed by atoms with van der Waals surface area (Å²) < 4.78 is 42.3. The number of nitrogens with one attached hydrogen (secondary N) is 2. The van der Waals surface area contributed by atoms with Gasteiger partial charge in [-0.1, -0.05) is 0 Å². The van der Waals surface area contributed by atoms with Crippen molar-refractivity contribution in [3.05, 3.63) is 51.4 Å². The Labute approximate surface area is 156 Å². The van der Waals surface area contributed by atoms with Crippen molar-refractivity contribution in [1.29, 1.82) is 0 Å². The molecule has 1 fully saturated rings. The predicted molar refractivity (Wildman–Crippen MR) is 92.4 cm³/mol. The Kier molecular flexibility index (Phi) is 5.47. The van der Waals surface area contributed by atoms with Crippen molar-refractivity contribution in [2.75, 3.05) is 11.9 Å². The molecule has 26 heavy (non-hydrogen) atoms. The lowest BCUT2D eigenvalue weighted by Crippen LogP contribution is -2.26. The summed E-state index contributed by atoms with van der Waals surface area (Å²) in [6.45, 7) is 2.00. The lowest BCUT2D eigenvalue weighted by atomic mass is 10.1. The summed E-state index contributed by atoms with van der Waals surface area (Å²) in [5.41, 5.74) is 1.79. The van der Waals surface area contributed by atoms with E-state index in [-0.39, 0.29) is 5.82 Å². The molecule has 0 spiro atoms. The fourth-order valence-electron chi connectivity index (χ4n) is 2.25. The maximum Gasteiger partial charge on any atom is 0.277 e. The number of carbonyl (C=O) groups is 1. The zero-order valence-electron chi connectivity index (χ0n) is 13.7. The standard InChI is InChI=1S/C17H15BrF3N3O2/c1-8-4-10(18)6-22-16(8)23-15-11(5-12(19)13(20)14(15)21)17(25)24-26-7-9-2-3-9/h4-6,9H,2-3,7H2,1H3,(H,22,23)(H,24,25).